The fraction of sp³-hybridized carbons (Fsp3) is 0.500. The Morgan fingerprint density at radius 3 is 2.57 bits per heavy atom. The van der Waals surface area contributed by atoms with E-state index in [1.165, 1.54) is 4.90 Å². The number of halogens is 1. The summed E-state index contributed by atoms with van der Waals surface area (Å²) in [4.78, 5) is 25.2. The van der Waals surface area contributed by atoms with Crippen LogP contribution in [0.25, 0.3) is 0 Å². The average Bonchev–Trinajstić information content (AvgIpc) is 2.84. The second kappa shape index (κ2) is 6.24. The number of benzene rings is 1. The van der Waals surface area contributed by atoms with E-state index in [0.717, 1.165) is 5.56 Å². The summed E-state index contributed by atoms with van der Waals surface area (Å²) in [5.41, 5.74) is 0.919. The standard InChI is InChI=1S/C16H20FNO3/c1-3-13(17)12-9-18(15(19)14(12)16(20)21)10(2)11-7-5-4-6-8-11/h4-8,10,12-14H,3,9H2,1-2H3,(H,20,21)/t10-,12-,13?,14-/m1/s1. The SMILES string of the molecule is CCC(F)[C@H]1CN([C@H](C)c2ccccc2)C(=O)[C@@H]1C(=O)O. The molecule has 0 radical (unpaired) electrons. The third-order valence-electron chi connectivity index (χ3n) is 4.25. The molecule has 1 saturated heterocycles. The van der Waals surface area contributed by atoms with Crippen LogP contribution < -0.4 is 0 Å². The Kier molecular flexibility index (Phi) is 4.60. The van der Waals surface area contributed by atoms with E-state index < -0.39 is 29.9 Å². The van der Waals surface area contributed by atoms with Gasteiger partial charge >= 0.3 is 5.97 Å². The number of amides is 1. The Bertz CT molecular complexity index is 520. The summed E-state index contributed by atoms with van der Waals surface area (Å²) in [5, 5.41) is 9.25. The Hall–Kier alpha value is -1.91. The zero-order chi connectivity index (χ0) is 15.6. The van der Waals surface area contributed by atoms with Crippen molar-refractivity contribution in [3.05, 3.63) is 35.9 Å². The number of nitrogens with zero attached hydrogens (tertiary/aromatic N) is 1. The number of aliphatic carboxylic acids is 1. The minimum atomic E-state index is -1.27. The summed E-state index contributed by atoms with van der Waals surface area (Å²) >= 11 is 0. The second-order valence-corrected chi connectivity index (χ2v) is 5.48. The van der Waals surface area contributed by atoms with Crippen LogP contribution in [0.5, 0.6) is 0 Å². The minimum Gasteiger partial charge on any atom is -0.481 e. The maximum atomic E-state index is 14.0. The van der Waals surface area contributed by atoms with Gasteiger partial charge in [0, 0.05) is 12.5 Å². The molecule has 1 aliphatic heterocycles. The van der Waals surface area contributed by atoms with Crippen LogP contribution in [0.3, 0.4) is 0 Å². The molecule has 0 spiro atoms. The summed E-state index contributed by atoms with van der Waals surface area (Å²) in [5.74, 6) is -3.76. The van der Waals surface area contributed by atoms with Gasteiger partial charge in [-0.1, -0.05) is 37.3 Å². The van der Waals surface area contributed by atoms with Crippen LogP contribution in [0, 0.1) is 11.8 Å². The highest BCUT2D eigenvalue weighted by Crippen LogP contribution is 2.35. The Morgan fingerprint density at radius 1 is 1.43 bits per heavy atom. The first-order chi connectivity index (χ1) is 9.97. The number of hydrogen-bond acceptors (Lipinski definition) is 2. The molecule has 1 aliphatic rings. The quantitative estimate of drug-likeness (QED) is 0.849. The number of alkyl halides is 1. The van der Waals surface area contributed by atoms with Crippen LogP contribution in [0.1, 0.15) is 31.9 Å². The molecule has 1 unspecified atom stereocenters. The van der Waals surface area contributed by atoms with Crippen molar-refractivity contribution in [3.63, 3.8) is 0 Å². The average molecular weight is 293 g/mol. The number of carbonyl (C=O) groups excluding carboxylic acids is 1. The van der Waals surface area contributed by atoms with Gasteiger partial charge in [0.25, 0.3) is 0 Å². The summed E-state index contributed by atoms with van der Waals surface area (Å²) in [6.45, 7) is 3.66. The predicted octanol–water partition coefficient (Wildman–Crippen LogP) is 2.65. The molecule has 21 heavy (non-hydrogen) atoms. The molecular formula is C16H20FNO3. The van der Waals surface area contributed by atoms with Crippen LogP contribution >= 0.6 is 0 Å². The summed E-state index contributed by atoms with van der Waals surface area (Å²) in [6, 6.07) is 9.11. The Balaban J connectivity index is 2.26. The number of carboxylic acids is 1. The maximum Gasteiger partial charge on any atom is 0.316 e. The van der Waals surface area contributed by atoms with Gasteiger partial charge in [-0.05, 0) is 18.9 Å². The van der Waals surface area contributed by atoms with Crippen molar-refractivity contribution < 1.29 is 19.1 Å². The van der Waals surface area contributed by atoms with Gasteiger partial charge in [-0.2, -0.15) is 0 Å². The first kappa shape index (κ1) is 15.5. The molecular weight excluding hydrogens is 273 g/mol. The van der Waals surface area contributed by atoms with Crippen molar-refractivity contribution in [3.8, 4) is 0 Å². The van der Waals surface area contributed by atoms with Gasteiger partial charge in [0.1, 0.15) is 12.1 Å². The molecule has 1 heterocycles. The zero-order valence-corrected chi connectivity index (χ0v) is 12.2. The smallest absolute Gasteiger partial charge is 0.316 e. The molecule has 2 rings (SSSR count). The predicted molar refractivity (Wildman–Crippen MR) is 76.4 cm³/mol. The molecule has 0 saturated carbocycles. The summed E-state index contributed by atoms with van der Waals surface area (Å²) < 4.78 is 14.0. The van der Waals surface area contributed by atoms with Crippen LogP contribution in [0.4, 0.5) is 4.39 Å². The van der Waals surface area contributed by atoms with Gasteiger partial charge < -0.3 is 10.0 Å². The third-order valence-corrected chi connectivity index (χ3v) is 4.25. The van der Waals surface area contributed by atoms with Gasteiger partial charge in [-0.15, -0.1) is 0 Å². The van der Waals surface area contributed by atoms with Crippen LogP contribution in [-0.4, -0.2) is 34.6 Å². The fourth-order valence-electron chi connectivity index (χ4n) is 2.96. The Labute approximate surface area is 123 Å². The monoisotopic (exact) mass is 293 g/mol. The molecule has 5 heteroatoms. The molecule has 1 N–H and O–H groups in total. The highest BCUT2D eigenvalue weighted by Gasteiger charge is 2.49. The number of likely N-dealkylation sites (tertiary alicyclic amines) is 1. The molecule has 1 fully saturated rings. The van der Waals surface area contributed by atoms with Gasteiger partial charge in [0.15, 0.2) is 0 Å². The maximum absolute atomic E-state index is 14.0. The molecule has 0 aliphatic carbocycles. The first-order valence-corrected chi connectivity index (χ1v) is 7.19. The Morgan fingerprint density at radius 2 is 2.05 bits per heavy atom. The van der Waals surface area contributed by atoms with Crippen molar-refractivity contribution in [2.75, 3.05) is 6.54 Å². The van der Waals surface area contributed by atoms with E-state index in [1.54, 1.807) is 6.92 Å². The first-order valence-electron chi connectivity index (χ1n) is 7.19. The van der Waals surface area contributed by atoms with Gasteiger partial charge in [-0.3, -0.25) is 9.59 Å². The van der Waals surface area contributed by atoms with Crippen LogP contribution in [0.15, 0.2) is 30.3 Å². The number of carboxylic acid groups (broad SMARTS) is 1. The topological polar surface area (TPSA) is 57.6 Å². The van der Waals surface area contributed by atoms with Crippen molar-refractivity contribution in [2.24, 2.45) is 11.8 Å². The minimum absolute atomic E-state index is 0.154. The van der Waals surface area contributed by atoms with E-state index in [-0.39, 0.29) is 19.0 Å². The molecule has 1 amide bonds. The van der Waals surface area contributed by atoms with Gasteiger partial charge in [0.2, 0.25) is 5.91 Å². The molecule has 0 bridgehead atoms. The van der Waals surface area contributed by atoms with E-state index in [0.29, 0.717) is 0 Å². The van der Waals surface area contributed by atoms with E-state index in [1.807, 2.05) is 37.3 Å². The summed E-state index contributed by atoms with van der Waals surface area (Å²) in [7, 11) is 0. The van der Waals surface area contributed by atoms with Crippen molar-refractivity contribution in [1.82, 2.24) is 4.90 Å². The van der Waals surface area contributed by atoms with Gasteiger partial charge in [0.05, 0.1) is 6.04 Å². The fourth-order valence-corrected chi connectivity index (χ4v) is 2.96. The van der Waals surface area contributed by atoms with E-state index >= 15 is 0 Å². The highest BCUT2D eigenvalue weighted by atomic mass is 19.1. The second-order valence-electron chi connectivity index (χ2n) is 5.48. The summed E-state index contributed by atoms with van der Waals surface area (Å²) in [6.07, 6.45) is -1.06. The molecule has 0 aromatic heterocycles. The zero-order valence-electron chi connectivity index (χ0n) is 12.2. The normalized spacial score (nSPS) is 24.9. The molecule has 114 valence electrons. The lowest BCUT2D eigenvalue weighted by Gasteiger charge is -2.25. The van der Waals surface area contributed by atoms with Crippen LogP contribution in [0.2, 0.25) is 0 Å². The van der Waals surface area contributed by atoms with Crippen molar-refractivity contribution in [2.45, 2.75) is 32.5 Å². The number of carbonyl (C=O) groups is 2. The molecule has 1 aromatic carbocycles. The lowest BCUT2D eigenvalue weighted by molar-refractivity contribution is -0.149. The van der Waals surface area contributed by atoms with E-state index in [9.17, 15) is 19.1 Å². The lowest BCUT2D eigenvalue weighted by atomic mass is 9.90. The van der Waals surface area contributed by atoms with E-state index in [4.69, 9.17) is 0 Å². The highest BCUT2D eigenvalue weighted by molar-refractivity contribution is 5.99. The number of hydrogen-bond donors (Lipinski definition) is 1. The molecule has 4 atom stereocenters. The molecule has 1 aromatic rings. The third kappa shape index (κ3) is 2.91. The van der Waals surface area contributed by atoms with Crippen molar-refractivity contribution >= 4 is 11.9 Å². The largest absolute Gasteiger partial charge is 0.481 e. The molecule has 4 nitrogen and oxygen atoms in total. The van der Waals surface area contributed by atoms with Gasteiger partial charge in [-0.25, -0.2) is 4.39 Å². The van der Waals surface area contributed by atoms with Crippen molar-refractivity contribution in [1.29, 1.82) is 0 Å². The van der Waals surface area contributed by atoms with E-state index in [2.05, 4.69) is 0 Å². The van der Waals surface area contributed by atoms with Crippen LogP contribution in [-0.2, 0) is 9.59 Å². The lowest BCUT2D eigenvalue weighted by Crippen LogP contribution is -2.33. The number of rotatable bonds is 5.